The lowest BCUT2D eigenvalue weighted by Gasteiger charge is -2.42. The van der Waals surface area contributed by atoms with Gasteiger partial charge in [0.15, 0.2) is 5.03 Å². The number of nitrogens with zero attached hydrogens (tertiary/aromatic N) is 3. The molecule has 1 heterocycles. The number of aryl methyl sites for hydroxylation is 2. The highest BCUT2D eigenvalue weighted by Crippen LogP contribution is 2.35. The summed E-state index contributed by atoms with van der Waals surface area (Å²) < 4.78 is 29.1. The van der Waals surface area contributed by atoms with Crippen molar-refractivity contribution in [2.24, 2.45) is 5.73 Å². The van der Waals surface area contributed by atoms with E-state index in [0.717, 1.165) is 37.9 Å². The summed E-state index contributed by atoms with van der Waals surface area (Å²) in [6, 6.07) is 0. The molecule has 0 spiro atoms. The summed E-state index contributed by atoms with van der Waals surface area (Å²) in [7, 11) is -1.95. The van der Waals surface area contributed by atoms with Crippen molar-refractivity contribution < 1.29 is 8.42 Å². The van der Waals surface area contributed by atoms with Gasteiger partial charge >= 0.3 is 0 Å². The van der Waals surface area contributed by atoms with Gasteiger partial charge in [-0.05, 0) is 26.7 Å². The van der Waals surface area contributed by atoms with Crippen LogP contribution in [0.1, 0.15) is 44.9 Å². The smallest absolute Gasteiger partial charge is 0.262 e. The molecular weight excluding hydrogens is 288 g/mol. The Bertz CT molecular complexity index is 588. The van der Waals surface area contributed by atoms with Crippen molar-refractivity contribution in [3.05, 3.63) is 12.0 Å². The quantitative estimate of drug-likeness (QED) is 0.893. The molecule has 21 heavy (non-hydrogen) atoms. The Morgan fingerprint density at radius 3 is 2.48 bits per heavy atom. The maximum atomic E-state index is 12.9. The molecule has 0 aromatic carbocycles. The molecule has 0 amide bonds. The van der Waals surface area contributed by atoms with Crippen LogP contribution in [-0.4, -0.2) is 41.4 Å². The lowest BCUT2D eigenvalue weighted by Crippen LogP contribution is -2.55. The molecule has 0 atom stereocenters. The number of rotatable bonds is 5. The summed E-state index contributed by atoms with van der Waals surface area (Å²) in [5.74, 6) is 0.718. The van der Waals surface area contributed by atoms with Gasteiger partial charge in [0.2, 0.25) is 0 Å². The molecule has 1 aliphatic carbocycles. The Hall–Kier alpha value is -0.920. The second-order valence-electron chi connectivity index (χ2n) is 5.87. The highest BCUT2D eigenvalue weighted by atomic mass is 32.2. The van der Waals surface area contributed by atoms with Crippen LogP contribution in [0.2, 0.25) is 0 Å². The largest absolute Gasteiger partial charge is 0.334 e. The SMILES string of the molecule is CCn1cc(S(=O)(=O)N(C)C2(CN)CCCCC2)nc1C. The van der Waals surface area contributed by atoms with Crippen LogP contribution in [0.25, 0.3) is 0 Å². The van der Waals surface area contributed by atoms with E-state index in [-0.39, 0.29) is 5.03 Å². The number of nitrogens with two attached hydrogens (primary N) is 1. The Kier molecular flexibility index (Phi) is 4.75. The van der Waals surface area contributed by atoms with E-state index >= 15 is 0 Å². The number of hydrogen-bond donors (Lipinski definition) is 1. The molecule has 0 aliphatic heterocycles. The fourth-order valence-corrected chi connectivity index (χ4v) is 4.73. The van der Waals surface area contributed by atoms with Gasteiger partial charge < -0.3 is 10.3 Å². The normalized spacial score (nSPS) is 19.1. The van der Waals surface area contributed by atoms with E-state index in [0.29, 0.717) is 13.1 Å². The highest BCUT2D eigenvalue weighted by molar-refractivity contribution is 7.89. The van der Waals surface area contributed by atoms with Crippen molar-refractivity contribution in [2.45, 2.75) is 63.1 Å². The van der Waals surface area contributed by atoms with Gasteiger partial charge in [-0.3, -0.25) is 0 Å². The van der Waals surface area contributed by atoms with Crippen LogP contribution in [0.3, 0.4) is 0 Å². The molecule has 0 unspecified atom stereocenters. The van der Waals surface area contributed by atoms with E-state index in [4.69, 9.17) is 5.73 Å². The minimum Gasteiger partial charge on any atom is -0.334 e. The third-order valence-corrected chi connectivity index (χ3v) is 6.59. The molecule has 120 valence electrons. The van der Waals surface area contributed by atoms with Gasteiger partial charge in [-0.25, -0.2) is 13.4 Å². The topological polar surface area (TPSA) is 81.2 Å². The van der Waals surface area contributed by atoms with E-state index in [1.165, 1.54) is 4.31 Å². The van der Waals surface area contributed by atoms with Crippen LogP contribution in [0, 0.1) is 6.92 Å². The third kappa shape index (κ3) is 2.86. The number of imidazole rings is 1. The lowest BCUT2D eigenvalue weighted by molar-refractivity contribution is 0.159. The first-order chi connectivity index (χ1) is 9.87. The van der Waals surface area contributed by atoms with Gasteiger partial charge in [0.05, 0.1) is 0 Å². The van der Waals surface area contributed by atoms with Gasteiger partial charge in [0, 0.05) is 31.9 Å². The van der Waals surface area contributed by atoms with Gasteiger partial charge in [-0.1, -0.05) is 19.3 Å². The van der Waals surface area contributed by atoms with Gasteiger partial charge in [-0.15, -0.1) is 0 Å². The average Bonchev–Trinajstić information content (AvgIpc) is 2.89. The zero-order valence-corrected chi connectivity index (χ0v) is 14.0. The third-order valence-electron chi connectivity index (χ3n) is 4.75. The maximum Gasteiger partial charge on any atom is 0.262 e. The molecule has 0 saturated heterocycles. The Morgan fingerprint density at radius 2 is 2.00 bits per heavy atom. The van der Waals surface area contributed by atoms with Crippen molar-refractivity contribution in [3.63, 3.8) is 0 Å². The van der Waals surface area contributed by atoms with Gasteiger partial charge in [-0.2, -0.15) is 4.31 Å². The molecule has 0 radical (unpaired) electrons. The van der Waals surface area contributed by atoms with E-state index in [9.17, 15) is 8.42 Å². The number of likely N-dealkylation sites (N-methyl/N-ethyl adjacent to an activating group) is 1. The van der Waals surface area contributed by atoms with Crippen molar-refractivity contribution >= 4 is 10.0 Å². The summed E-state index contributed by atoms with van der Waals surface area (Å²) >= 11 is 0. The summed E-state index contributed by atoms with van der Waals surface area (Å²) in [4.78, 5) is 4.23. The molecule has 6 nitrogen and oxygen atoms in total. The Balaban J connectivity index is 2.37. The second-order valence-corrected chi connectivity index (χ2v) is 7.79. The van der Waals surface area contributed by atoms with E-state index < -0.39 is 15.6 Å². The summed E-state index contributed by atoms with van der Waals surface area (Å²) in [6.07, 6.45) is 6.48. The molecule has 2 N–H and O–H groups in total. The zero-order chi connectivity index (χ0) is 15.7. The van der Waals surface area contributed by atoms with E-state index in [1.807, 2.05) is 18.4 Å². The number of aromatic nitrogens is 2. The van der Waals surface area contributed by atoms with Crippen molar-refractivity contribution in [1.29, 1.82) is 0 Å². The van der Waals surface area contributed by atoms with Crippen molar-refractivity contribution in [1.82, 2.24) is 13.9 Å². The molecule has 1 aliphatic rings. The highest BCUT2D eigenvalue weighted by Gasteiger charge is 2.42. The predicted molar refractivity (Wildman–Crippen MR) is 82.5 cm³/mol. The molecule has 2 rings (SSSR count). The van der Waals surface area contributed by atoms with Crippen LogP contribution in [0.15, 0.2) is 11.2 Å². The fraction of sp³-hybridized carbons (Fsp3) is 0.786. The van der Waals surface area contributed by atoms with E-state index in [2.05, 4.69) is 4.98 Å². The maximum absolute atomic E-state index is 12.9. The number of hydrogen-bond acceptors (Lipinski definition) is 4. The standard InChI is InChI=1S/C14H26N4O2S/c1-4-18-10-13(16-12(18)2)21(19,20)17(3)14(11-15)8-6-5-7-9-14/h10H,4-9,11,15H2,1-3H3. The average molecular weight is 314 g/mol. The Labute approximate surface area is 127 Å². The summed E-state index contributed by atoms with van der Waals surface area (Å²) in [5.41, 5.74) is 5.49. The molecule has 1 saturated carbocycles. The minimum absolute atomic E-state index is 0.128. The molecule has 0 bridgehead atoms. The van der Waals surface area contributed by atoms with Gasteiger partial charge in [0.1, 0.15) is 5.82 Å². The second kappa shape index (κ2) is 6.06. The van der Waals surface area contributed by atoms with Gasteiger partial charge in [0.25, 0.3) is 10.0 Å². The fourth-order valence-electron chi connectivity index (χ4n) is 3.18. The Morgan fingerprint density at radius 1 is 1.38 bits per heavy atom. The predicted octanol–water partition coefficient (Wildman–Crippen LogP) is 1.49. The zero-order valence-electron chi connectivity index (χ0n) is 13.2. The molecule has 1 aromatic heterocycles. The minimum atomic E-state index is -3.60. The summed E-state index contributed by atoms with van der Waals surface area (Å²) in [6.45, 7) is 4.86. The molecule has 7 heteroatoms. The first-order valence-electron chi connectivity index (χ1n) is 7.60. The van der Waals surface area contributed by atoms with Crippen LogP contribution in [0.4, 0.5) is 0 Å². The first-order valence-corrected chi connectivity index (χ1v) is 9.04. The van der Waals surface area contributed by atoms with E-state index in [1.54, 1.807) is 13.2 Å². The van der Waals surface area contributed by atoms with Crippen LogP contribution in [-0.2, 0) is 16.6 Å². The monoisotopic (exact) mass is 314 g/mol. The molecular formula is C14H26N4O2S. The van der Waals surface area contributed by atoms with Crippen molar-refractivity contribution in [2.75, 3.05) is 13.6 Å². The molecule has 1 fully saturated rings. The first kappa shape index (κ1) is 16.5. The van der Waals surface area contributed by atoms with Crippen LogP contribution < -0.4 is 5.73 Å². The number of sulfonamides is 1. The molecule has 1 aromatic rings. The lowest BCUT2D eigenvalue weighted by atomic mass is 9.82. The van der Waals surface area contributed by atoms with Crippen LogP contribution in [0.5, 0.6) is 0 Å². The van der Waals surface area contributed by atoms with Crippen molar-refractivity contribution in [3.8, 4) is 0 Å². The summed E-state index contributed by atoms with van der Waals surface area (Å²) in [5, 5.41) is 0.128. The van der Waals surface area contributed by atoms with Crippen LogP contribution >= 0.6 is 0 Å².